The number of ether oxygens (including phenoxy) is 2. The highest BCUT2D eigenvalue weighted by molar-refractivity contribution is 5.98. The standard InChI is InChI=1S/C35H40N6O7/c1-3-5-15-28(43)36-21-27(23-11-7-6-8-12-23)47-34(46)29-26-16-17-35(48-26)30(29)32(44)40(19-20-42)31(35)33(45)39(18-4-2)22-41-25-14-10-9-13-24(25)37-38-41/h3-4,6-14,26-27,29-31,42H,1-2,5,15-22H2,(H,36,43)/t26-,27+,29+,30+,31-,35+/m1/s1. The molecule has 13 nitrogen and oxygen atoms in total. The Bertz CT molecular complexity index is 1690. The highest BCUT2D eigenvalue weighted by Gasteiger charge is 2.75. The molecule has 0 saturated carbocycles. The van der Waals surface area contributed by atoms with Crippen molar-refractivity contribution >= 4 is 34.7 Å². The molecule has 2 aromatic carbocycles. The van der Waals surface area contributed by atoms with Crippen molar-refractivity contribution in [1.29, 1.82) is 0 Å². The van der Waals surface area contributed by atoms with Crippen LogP contribution >= 0.6 is 0 Å². The smallest absolute Gasteiger partial charge is 0.313 e. The van der Waals surface area contributed by atoms with Crippen LogP contribution in [0.1, 0.15) is 37.4 Å². The minimum absolute atomic E-state index is 0.0376. The van der Waals surface area contributed by atoms with Gasteiger partial charge in [0.05, 0.1) is 36.6 Å². The molecule has 1 aromatic heterocycles. The van der Waals surface area contributed by atoms with E-state index in [-0.39, 0.29) is 45.2 Å². The average molecular weight is 657 g/mol. The number of allylic oxidation sites excluding steroid dienone is 1. The molecule has 0 radical (unpaired) electrons. The number of esters is 1. The zero-order valence-electron chi connectivity index (χ0n) is 26.6. The number of amides is 3. The summed E-state index contributed by atoms with van der Waals surface area (Å²) in [6, 6.07) is 15.4. The van der Waals surface area contributed by atoms with E-state index in [2.05, 4.69) is 28.8 Å². The molecule has 0 unspecified atom stereocenters. The molecular formula is C35H40N6O7. The Morgan fingerprint density at radius 1 is 1.15 bits per heavy atom. The SMILES string of the molecule is C=CCCC(=O)NC[C@H](OC(=O)[C@@H]1[C@H]2C(=O)N(CCO)[C@H](C(=O)N(CC=C)Cn3nnc4ccccc43)[C@]23CC[C@H]1O3)c1ccccc1. The van der Waals surface area contributed by atoms with Crippen LogP contribution < -0.4 is 5.32 Å². The second-order valence-corrected chi connectivity index (χ2v) is 12.3. The maximum absolute atomic E-state index is 14.5. The zero-order chi connectivity index (χ0) is 33.8. The first kappa shape index (κ1) is 33.0. The van der Waals surface area contributed by atoms with Crippen molar-refractivity contribution in [3.63, 3.8) is 0 Å². The van der Waals surface area contributed by atoms with Gasteiger partial charge in [-0.05, 0) is 37.0 Å². The molecule has 3 aromatic rings. The minimum Gasteiger partial charge on any atom is -0.455 e. The fourth-order valence-corrected chi connectivity index (χ4v) is 7.42. The maximum Gasteiger partial charge on any atom is 0.313 e. The van der Waals surface area contributed by atoms with Gasteiger partial charge in [0.15, 0.2) is 0 Å². The number of carbonyl (C=O) groups is 4. The number of hydrogen-bond donors (Lipinski definition) is 2. The van der Waals surface area contributed by atoms with Crippen molar-refractivity contribution < 1.29 is 33.8 Å². The lowest BCUT2D eigenvalue weighted by atomic mass is 9.70. The third-order valence-electron chi connectivity index (χ3n) is 9.52. The van der Waals surface area contributed by atoms with Gasteiger partial charge >= 0.3 is 5.97 Å². The van der Waals surface area contributed by atoms with E-state index < -0.39 is 53.5 Å². The number of rotatable bonds is 15. The summed E-state index contributed by atoms with van der Waals surface area (Å²) in [6.45, 7) is 7.21. The molecule has 1 spiro atoms. The first-order valence-corrected chi connectivity index (χ1v) is 16.2. The highest BCUT2D eigenvalue weighted by atomic mass is 16.6. The molecular weight excluding hydrogens is 616 g/mol. The number of aromatic nitrogens is 3. The van der Waals surface area contributed by atoms with E-state index >= 15 is 0 Å². The predicted molar refractivity (Wildman–Crippen MR) is 174 cm³/mol. The van der Waals surface area contributed by atoms with Gasteiger partial charge < -0.3 is 29.7 Å². The number of aliphatic hydroxyl groups excluding tert-OH is 1. The summed E-state index contributed by atoms with van der Waals surface area (Å²) < 4.78 is 14.2. The molecule has 4 heterocycles. The summed E-state index contributed by atoms with van der Waals surface area (Å²) in [7, 11) is 0. The van der Waals surface area contributed by atoms with E-state index in [0.29, 0.717) is 30.3 Å². The lowest BCUT2D eigenvalue weighted by Crippen LogP contribution is -2.56. The molecule has 48 heavy (non-hydrogen) atoms. The van der Waals surface area contributed by atoms with E-state index in [9.17, 15) is 24.3 Å². The van der Waals surface area contributed by atoms with Crippen LogP contribution in [0.3, 0.4) is 0 Å². The van der Waals surface area contributed by atoms with E-state index in [1.165, 1.54) is 9.80 Å². The molecule has 3 fully saturated rings. The first-order valence-electron chi connectivity index (χ1n) is 16.2. The summed E-state index contributed by atoms with van der Waals surface area (Å²) in [4.78, 5) is 58.0. The molecule has 3 aliphatic heterocycles. The molecule has 2 bridgehead atoms. The molecule has 3 amide bonds. The van der Waals surface area contributed by atoms with Crippen LogP contribution in [0.2, 0.25) is 0 Å². The molecule has 3 aliphatic rings. The molecule has 252 valence electrons. The van der Waals surface area contributed by atoms with Gasteiger partial charge in [0.1, 0.15) is 29.9 Å². The number of nitrogens with zero attached hydrogens (tertiary/aromatic N) is 5. The Balaban J connectivity index is 1.27. The van der Waals surface area contributed by atoms with Crippen molar-refractivity contribution in [2.24, 2.45) is 11.8 Å². The lowest BCUT2D eigenvalue weighted by Gasteiger charge is -2.36. The van der Waals surface area contributed by atoms with Gasteiger partial charge in [0.2, 0.25) is 17.7 Å². The Morgan fingerprint density at radius 2 is 1.92 bits per heavy atom. The number of aliphatic hydroxyl groups is 1. The molecule has 3 saturated heterocycles. The van der Waals surface area contributed by atoms with E-state index in [4.69, 9.17) is 9.47 Å². The van der Waals surface area contributed by atoms with Gasteiger partial charge in [0.25, 0.3) is 0 Å². The molecule has 6 rings (SSSR count). The Morgan fingerprint density at radius 3 is 2.67 bits per heavy atom. The summed E-state index contributed by atoms with van der Waals surface area (Å²) in [6.07, 6.45) is 3.39. The second-order valence-electron chi connectivity index (χ2n) is 12.3. The summed E-state index contributed by atoms with van der Waals surface area (Å²) in [5, 5.41) is 21.2. The van der Waals surface area contributed by atoms with E-state index in [1.807, 2.05) is 42.5 Å². The monoisotopic (exact) mass is 656 g/mol. The Kier molecular flexibility index (Phi) is 9.69. The maximum atomic E-state index is 14.5. The third kappa shape index (κ3) is 5.99. The van der Waals surface area contributed by atoms with E-state index in [0.717, 1.165) is 5.52 Å². The summed E-state index contributed by atoms with van der Waals surface area (Å²) in [5.41, 5.74) is 0.796. The fourth-order valence-electron chi connectivity index (χ4n) is 7.42. The first-order chi connectivity index (χ1) is 23.3. The number of para-hydroxylation sites is 1. The van der Waals surface area contributed by atoms with Crippen LogP contribution in [0, 0.1) is 11.8 Å². The third-order valence-corrected chi connectivity index (χ3v) is 9.52. The fraction of sp³-hybridized carbons (Fsp3) is 0.429. The van der Waals surface area contributed by atoms with Crippen molar-refractivity contribution in [1.82, 2.24) is 30.1 Å². The normalized spacial score (nSPS) is 24.7. The molecule has 13 heteroatoms. The number of nitrogens with one attached hydrogen (secondary N) is 1. The second kappa shape index (κ2) is 14.1. The van der Waals surface area contributed by atoms with Crippen LogP contribution in [-0.4, -0.2) is 97.6 Å². The van der Waals surface area contributed by atoms with Gasteiger partial charge in [-0.1, -0.05) is 59.8 Å². The Hall–Kier alpha value is -4.88. The summed E-state index contributed by atoms with van der Waals surface area (Å²) >= 11 is 0. The molecule has 0 aliphatic carbocycles. The van der Waals surface area contributed by atoms with Crippen molar-refractivity contribution in [2.75, 3.05) is 26.2 Å². The minimum atomic E-state index is -1.29. The molecule has 2 N–H and O–H groups in total. The van der Waals surface area contributed by atoms with Crippen LogP contribution in [0.25, 0.3) is 11.0 Å². The van der Waals surface area contributed by atoms with Crippen molar-refractivity contribution in [2.45, 2.75) is 56.2 Å². The lowest BCUT2D eigenvalue weighted by molar-refractivity contribution is -0.160. The number of hydrogen-bond acceptors (Lipinski definition) is 9. The van der Waals surface area contributed by atoms with Crippen molar-refractivity contribution in [3.8, 4) is 0 Å². The number of β-amino-alcohol motifs (C(OH)–C–C–N with tert-alkyl or cyclic N) is 1. The average Bonchev–Trinajstić information content (AvgIpc) is 3.85. The van der Waals surface area contributed by atoms with Gasteiger partial charge in [0, 0.05) is 19.5 Å². The van der Waals surface area contributed by atoms with E-state index in [1.54, 1.807) is 29.0 Å². The van der Waals surface area contributed by atoms with Crippen LogP contribution in [0.15, 0.2) is 79.9 Å². The predicted octanol–water partition coefficient (Wildman–Crippen LogP) is 2.14. The largest absolute Gasteiger partial charge is 0.455 e. The zero-order valence-corrected chi connectivity index (χ0v) is 26.6. The van der Waals surface area contributed by atoms with Gasteiger partial charge in [-0.25, -0.2) is 4.68 Å². The van der Waals surface area contributed by atoms with Gasteiger partial charge in [-0.2, -0.15) is 0 Å². The van der Waals surface area contributed by atoms with Gasteiger partial charge in [-0.3, -0.25) is 19.2 Å². The number of benzene rings is 2. The van der Waals surface area contributed by atoms with Crippen LogP contribution in [0.5, 0.6) is 0 Å². The number of likely N-dealkylation sites (tertiary alicyclic amines) is 1. The number of fused-ring (bicyclic) bond motifs is 2. The molecule has 6 atom stereocenters. The van der Waals surface area contributed by atoms with Gasteiger partial charge in [-0.15, -0.1) is 18.3 Å². The number of carbonyl (C=O) groups excluding carboxylic acids is 4. The van der Waals surface area contributed by atoms with Crippen LogP contribution in [-0.2, 0) is 35.3 Å². The highest BCUT2D eigenvalue weighted by Crippen LogP contribution is 2.59. The summed E-state index contributed by atoms with van der Waals surface area (Å²) in [5.74, 6) is -3.64. The van der Waals surface area contributed by atoms with Crippen molar-refractivity contribution in [3.05, 3.63) is 85.5 Å². The quantitative estimate of drug-likeness (QED) is 0.185. The topological polar surface area (TPSA) is 156 Å². The Labute approximate surface area is 278 Å². The van der Waals surface area contributed by atoms with Crippen LogP contribution in [0.4, 0.5) is 0 Å².